The molecule has 1 rings (SSSR count). The Labute approximate surface area is 137 Å². The summed E-state index contributed by atoms with van der Waals surface area (Å²) in [5.74, 6) is 0. The van der Waals surface area contributed by atoms with Crippen LogP contribution in [0, 0.1) is 0 Å². The van der Waals surface area contributed by atoms with Gasteiger partial charge in [0.2, 0.25) is 0 Å². The Hall–Kier alpha value is -0.300. The van der Waals surface area contributed by atoms with Gasteiger partial charge in [0.15, 0.2) is 0 Å². The summed E-state index contributed by atoms with van der Waals surface area (Å²) in [4.78, 5) is 1.68. The maximum Gasteiger partial charge on any atom is 0.00772 e. The van der Waals surface area contributed by atoms with Crippen molar-refractivity contribution in [1.29, 1.82) is 0 Å². The third-order valence-electron chi connectivity index (χ3n) is 4.39. The maximum atomic E-state index is 2.38. The highest BCUT2D eigenvalue weighted by atomic mass is 32.1. The fourth-order valence-corrected chi connectivity index (χ4v) is 3.95. The van der Waals surface area contributed by atoms with Crippen LogP contribution >= 0.6 is 11.3 Å². The van der Waals surface area contributed by atoms with Gasteiger partial charge >= 0.3 is 0 Å². The van der Waals surface area contributed by atoms with Crippen molar-refractivity contribution in [3.8, 4) is 0 Å². The van der Waals surface area contributed by atoms with Gasteiger partial charge in [-0.2, -0.15) is 0 Å². The number of hydrogen-bond donors (Lipinski definition) is 0. The van der Waals surface area contributed by atoms with Crippen LogP contribution < -0.4 is 0 Å². The van der Waals surface area contributed by atoms with Crippen molar-refractivity contribution >= 4 is 11.3 Å². The average molecular weight is 309 g/mol. The summed E-state index contributed by atoms with van der Waals surface area (Å²) in [6.07, 6.45) is 19.6. The number of rotatable bonds is 14. The molecule has 21 heavy (non-hydrogen) atoms. The quantitative estimate of drug-likeness (QED) is 0.311. The van der Waals surface area contributed by atoms with Crippen LogP contribution in [0.1, 0.15) is 101 Å². The second-order valence-electron chi connectivity index (χ2n) is 6.40. The van der Waals surface area contributed by atoms with Crippen LogP contribution in [0.3, 0.4) is 0 Å². The van der Waals surface area contributed by atoms with Crippen molar-refractivity contribution < 1.29 is 0 Å². The summed E-state index contributed by atoms with van der Waals surface area (Å²) >= 11 is 1.99. The summed E-state index contributed by atoms with van der Waals surface area (Å²) in [7, 11) is 0. The minimum absolute atomic E-state index is 1.32. The molecule has 0 amide bonds. The highest BCUT2D eigenvalue weighted by Crippen LogP contribution is 2.22. The Bertz CT molecular complexity index is 296. The predicted molar refractivity (Wildman–Crippen MR) is 98.5 cm³/mol. The van der Waals surface area contributed by atoms with Gasteiger partial charge in [-0.3, -0.25) is 0 Å². The number of unbranched alkanes of at least 4 members (excludes halogenated alkanes) is 10. The van der Waals surface area contributed by atoms with E-state index in [1.807, 2.05) is 11.3 Å². The van der Waals surface area contributed by atoms with Gasteiger partial charge in [-0.05, 0) is 42.7 Å². The summed E-state index contributed by atoms with van der Waals surface area (Å²) in [5.41, 5.74) is 1.66. The molecule has 0 aliphatic rings. The molecule has 1 aromatic rings. The van der Waals surface area contributed by atoms with E-state index in [2.05, 4.69) is 25.3 Å². The normalized spacial score (nSPS) is 11.1. The Kier molecular flexibility index (Phi) is 11.9. The molecule has 0 fully saturated rings. The van der Waals surface area contributed by atoms with E-state index >= 15 is 0 Å². The molecule has 0 unspecified atom stereocenters. The van der Waals surface area contributed by atoms with Crippen molar-refractivity contribution in [3.05, 3.63) is 21.9 Å². The second-order valence-corrected chi connectivity index (χ2v) is 7.41. The summed E-state index contributed by atoms with van der Waals surface area (Å²) in [6, 6.07) is 2.38. The first kappa shape index (κ1) is 18.7. The highest BCUT2D eigenvalue weighted by molar-refractivity contribution is 7.10. The minimum Gasteiger partial charge on any atom is -0.149 e. The van der Waals surface area contributed by atoms with Crippen molar-refractivity contribution in [3.63, 3.8) is 0 Å². The van der Waals surface area contributed by atoms with Crippen molar-refractivity contribution in [2.45, 2.75) is 104 Å². The number of hydrogen-bond acceptors (Lipinski definition) is 1. The van der Waals surface area contributed by atoms with E-state index in [9.17, 15) is 0 Å². The molecule has 0 bridgehead atoms. The van der Waals surface area contributed by atoms with E-state index in [0.717, 1.165) is 0 Å². The molecular weight excluding hydrogens is 272 g/mol. The summed E-state index contributed by atoms with van der Waals surface area (Å²) in [5, 5.41) is 2.30. The largest absolute Gasteiger partial charge is 0.149 e. The second kappa shape index (κ2) is 13.4. The zero-order valence-corrected chi connectivity index (χ0v) is 15.3. The predicted octanol–water partition coefficient (Wildman–Crippen LogP) is 7.55. The SMILES string of the molecule is CCCCCCCCc1ccsc1CCCCCCCC. The van der Waals surface area contributed by atoms with E-state index in [-0.39, 0.29) is 0 Å². The van der Waals surface area contributed by atoms with Crippen LogP contribution in [0.25, 0.3) is 0 Å². The van der Waals surface area contributed by atoms with Gasteiger partial charge in [-0.15, -0.1) is 11.3 Å². The summed E-state index contributed by atoms with van der Waals surface area (Å²) in [6.45, 7) is 4.58. The topological polar surface area (TPSA) is 0 Å². The molecule has 0 aliphatic heterocycles. The molecule has 0 N–H and O–H groups in total. The third kappa shape index (κ3) is 9.34. The molecular formula is C20H36S. The van der Waals surface area contributed by atoms with Gasteiger partial charge in [0.1, 0.15) is 0 Å². The lowest BCUT2D eigenvalue weighted by Crippen LogP contribution is -1.91. The zero-order chi connectivity index (χ0) is 15.2. The van der Waals surface area contributed by atoms with Gasteiger partial charge < -0.3 is 0 Å². The third-order valence-corrected chi connectivity index (χ3v) is 5.42. The Morgan fingerprint density at radius 3 is 1.81 bits per heavy atom. The fourth-order valence-electron chi connectivity index (χ4n) is 2.97. The molecule has 0 radical (unpaired) electrons. The van der Waals surface area contributed by atoms with Crippen molar-refractivity contribution in [2.24, 2.45) is 0 Å². The van der Waals surface area contributed by atoms with E-state index in [1.165, 1.54) is 89.9 Å². The van der Waals surface area contributed by atoms with Crippen LogP contribution in [0.5, 0.6) is 0 Å². The number of aryl methyl sites for hydroxylation is 2. The molecule has 0 aliphatic carbocycles. The van der Waals surface area contributed by atoms with Gasteiger partial charge in [0.25, 0.3) is 0 Å². The fraction of sp³-hybridized carbons (Fsp3) is 0.800. The Balaban J connectivity index is 2.09. The van der Waals surface area contributed by atoms with Gasteiger partial charge in [0.05, 0.1) is 0 Å². The lowest BCUT2D eigenvalue weighted by Gasteiger charge is -2.05. The standard InChI is InChI=1S/C20H36S/c1-3-5-7-9-11-13-15-19-17-18-21-20(19)16-14-12-10-8-6-4-2/h17-18H,3-16H2,1-2H3. The first-order chi connectivity index (χ1) is 10.4. The van der Waals surface area contributed by atoms with Crippen LogP contribution in [-0.2, 0) is 12.8 Å². The molecule has 122 valence electrons. The maximum absolute atomic E-state index is 2.38. The van der Waals surface area contributed by atoms with E-state index in [4.69, 9.17) is 0 Å². The molecule has 1 heterocycles. The monoisotopic (exact) mass is 308 g/mol. The van der Waals surface area contributed by atoms with Gasteiger partial charge in [0, 0.05) is 4.88 Å². The van der Waals surface area contributed by atoms with Crippen molar-refractivity contribution in [1.82, 2.24) is 0 Å². The van der Waals surface area contributed by atoms with Crippen LogP contribution in [0.15, 0.2) is 11.4 Å². The van der Waals surface area contributed by atoms with Gasteiger partial charge in [-0.1, -0.05) is 78.1 Å². The molecule has 0 saturated carbocycles. The first-order valence-electron chi connectivity index (χ1n) is 9.43. The van der Waals surface area contributed by atoms with Crippen LogP contribution in [-0.4, -0.2) is 0 Å². The lowest BCUT2D eigenvalue weighted by molar-refractivity contribution is 0.601. The van der Waals surface area contributed by atoms with Crippen molar-refractivity contribution in [2.75, 3.05) is 0 Å². The molecule has 0 spiro atoms. The van der Waals surface area contributed by atoms with E-state index < -0.39 is 0 Å². The van der Waals surface area contributed by atoms with E-state index in [0.29, 0.717) is 0 Å². The molecule has 1 aromatic heterocycles. The lowest BCUT2D eigenvalue weighted by atomic mass is 10.0. The minimum atomic E-state index is 1.32. The summed E-state index contributed by atoms with van der Waals surface area (Å²) < 4.78 is 0. The smallest absolute Gasteiger partial charge is 0.00772 e. The molecule has 0 saturated heterocycles. The molecule has 0 aromatic carbocycles. The van der Waals surface area contributed by atoms with Crippen LogP contribution in [0.2, 0.25) is 0 Å². The molecule has 0 nitrogen and oxygen atoms in total. The average Bonchev–Trinajstić information content (AvgIpc) is 2.94. The van der Waals surface area contributed by atoms with Crippen LogP contribution in [0.4, 0.5) is 0 Å². The molecule has 0 atom stereocenters. The number of thiophene rings is 1. The zero-order valence-electron chi connectivity index (χ0n) is 14.5. The van der Waals surface area contributed by atoms with E-state index in [1.54, 1.807) is 10.4 Å². The Morgan fingerprint density at radius 1 is 0.667 bits per heavy atom. The highest BCUT2D eigenvalue weighted by Gasteiger charge is 2.04. The first-order valence-corrected chi connectivity index (χ1v) is 10.3. The molecule has 1 heteroatoms. The Morgan fingerprint density at radius 2 is 1.19 bits per heavy atom. The van der Waals surface area contributed by atoms with Gasteiger partial charge in [-0.25, -0.2) is 0 Å².